The van der Waals surface area contributed by atoms with Crippen LogP contribution in [0.1, 0.15) is 30.4 Å². The summed E-state index contributed by atoms with van der Waals surface area (Å²) in [6.07, 6.45) is 2.41. The van der Waals surface area contributed by atoms with Crippen molar-refractivity contribution >= 4 is 30.0 Å². The normalized spacial score (nSPS) is 16.5. The van der Waals surface area contributed by atoms with Gasteiger partial charge in [0.25, 0.3) is 0 Å². The molecule has 11 heteroatoms. The van der Waals surface area contributed by atoms with Gasteiger partial charge < -0.3 is 32.7 Å². The summed E-state index contributed by atoms with van der Waals surface area (Å²) in [4.78, 5) is 13.9. The minimum Gasteiger partial charge on any atom is -0.738 e. The molecule has 2 aromatic carbocycles. The van der Waals surface area contributed by atoms with Gasteiger partial charge in [0.1, 0.15) is 0 Å². The maximum Gasteiger partial charge on any atom is 1.00 e. The van der Waals surface area contributed by atoms with Crippen molar-refractivity contribution in [2.24, 2.45) is 5.92 Å². The van der Waals surface area contributed by atoms with Gasteiger partial charge in [-0.15, -0.1) is 5.10 Å². The Morgan fingerprint density at radius 2 is 1.88 bits per heavy atom. The first-order valence-electron chi connectivity index (χ1n) is 10.8. The summed E-state index contributed by atoms with van der Waals surface area (Å²) in [5, 5.41) is 26.6. The molecule has 4 rings (SSSR count). The number of carbonyl (C=O) groups is 1. The number of nitrogens with zero attached hydrogens (tertiary/aromatic N) is 5. The summed E-state index contributed by atoms with van der Waals surface area (Å²) in [5.41, 5.74) is 5.21. The number of para-hydroxylation sites is 1. The van der Waals surface area contributed by atoms with Crippen LogP contribution in [0.5, 0.6) is 0 Å². The fourth-order valence-corrected chi connectivity index (χ4v) is 4.58. The smallest absolute Gasteiger partial charge is 0.738 e. The molecule has 8 nitrogen and oxygen atoms in total. The molecule has 0 spiro atoms. The molecule has 1 N–H and O–H groups in total. The van der Waals surface area contributed by atoms with E-state index in [9.17, 15) is 9.90 Å². The molecule has 1 saturated carbocycles. The van der Waals surface area contributed by atoms with Gasteiger partial charge in [-0.25, -0.2) is 4.68 Å². The summed E-state index contributed by atoms with van der Waals surface area (Å²) < 4.78 is 1.51. The Balaban J connectivity index is 0.00000204. The molecular formula is C23H26K2N6O2S. The van der Waals surface area contributed by atoms with E-state index in [4.69, 9.17) is 12.6 Å². The second-order valence-corrected chi connectivity index (χ2v) is 8.57. The number of aryl methyl sites for hydroxylation is 2. The van der Waals surface area contributed by atoms with Crippen molar-refractivity contribution in [3.8, 4) is 5.69 Å². The molecule has 0 saturated heterocycles. The van der Waals surface area contributed by atoms with Gasteiger partial charge in [-0.1, -0.05) is 24.3 Å². The van der Waals surface area contributed by atoms with Crippen LogP contribution in [0.3, 0.4) is 0 Å². The topological polar surface area (TPSA) is 99.0 Å². The summed E-state index contributed by atoms with van der Waals surface area (Å²) in [7, 11) is 0. The van der Waals surface area contributed by atoms with Crippen LogP contribution in [0, 0.1) is 19.8 Å². The Bertz CT molecular complexity index is 1090. The van der Waals surface area contributed by atoms with E-state index in [-0.39, 0.29) is 109 Å². The molecule has 0 amide bonds. The Hall–Kier alpha value is 0.0727. The number of nitrogens with one attached hydrogen (secondary N) is 1. The van der Waals surface area contributed by atoms with Crippen LogP contribution >= 0.6 is 0 Å². The molecular weight excluding hydrogens is 503 g/mol. The quantitative estimate of drug-likeness (QED) is 0.171. The molecule has 1 fully saturated rings. The van der Waals surface area contributed by atoms with Gasteiger partial charge in [0.05, 0.1) is 5.69 Å². The van der Waals surface area contributed by atoms with E-state index < -0.39 is 11.9 Å². The fraction of sp³-hybridized carbons (Fsp3) is 0.391. The van der Waals surface area contributed by atoms with E-state index in [0.717, 1.165) is 54.1 Å². The molecule has 1 aromatic heterocycles. The van der Waals surface area contributed by atoms with Crippen molar-refractivity contribution in [2.45, 2.75) is 44.3 Å². The first kappa shape index (κ1) is 30.3. The first-order valence-corrected chi connectivity index (χ1v) is 11.2. The number of carboxylic acid groups (broad SMARTS) is 1. The average Bonchev–Trinajstić information content (AvgIpc) is 3.15. The van der Waals surface area contributed by atoms with Gasteiger partial charge in [-0.2, -0.15) is 0 Å². The van der Waals surface area contributed by atoms with Crippen molar-refractivity contribution in [1.82, 2.24) is 20.2 Å². The number of tetrazole rings is 1. The number of carbonyl (C=O) groups excluding carboxylic acids is 1. The van der Waals surface area contributed by atoms with Gasteiger partial charge >= 0.3 is 103 Å². The zero-order valence-electron chi connectivity index (χ0n) is 20.2. The molecule has 0 bridgehead atoms. The Kier molecular flexibility index (Phi) is 12.6. The van der Waals surface area contributed by atoms with Crippen molar-refractivity contribution < 1.29 is 113 Å². The molecule has 2 unspecified atom stereocenters. The third kappa shape index (κ3) is 7.09. The summed E-state index contributed by atoms with van der Waals surface area (Å²) >= 11 is 5.14. The minimum absolute atomic E-state index is 0. The Labute approximate surface area is 290 Å². The number of hydrogen-bond donors (Lipinski definition) is 1. The minimum atomic E-state index is -0.948. The van der Waals surface area contributed by atoms with E-state index >= 15 is 0 Å². The van der Waals surface area contributed by atoms with E-state index in [1.807, 2.05) is 30.3 Å². The maximum atomic E-state index is 11.6. The maximum absolute atomic E-state index is 11.6. The summed E-state index contributed by atoms with van der Waals surface area (Å²) in [6, 6.07) is 13.9. The van der Waals surface area contributed by atoms with Gasteiger partial charge in [-0.3, -0.25) is 0 Å². The number of aromatic nitrogens is 4. The predicted octanol–water partition coefficient (Wildman–Crippen LogP) is -3.97. The number of benzene rings is 2. The fourth-order valence-electron chi connectivity index (χ4n) is 4.40. The van der Waals surface area contributed by atoms with Crippen LogP contribution in [0.4, 0.5) is 11.4 Å². The molecule has 34 heavy (non-hydrogen) atoms. The zero-order chi connectivity index (χ0) is 22.7. The third-order valence-corrected chi connectivity index (χ3v) is 6.36. The van der Waals surface area contributed by atoms with Crippen molar-refractivity contribution in [3.63, 3.8) is 0 Å². The molecule has 1 aliphatic carbocycles. The molecule has 168 valence electrons. The first-order chi connectivity index (χ1) is 15.5. The van der Waals surface area contributed by atoms with Crippen LogP contribution in [0.25, 0.3) is 5.69 Å². The van der Waals surface area contributed by atoms with Crippen molar-refractivity contribution in [2.75, 3.05) is 23.3 Å². The standard InChI is InChI=1S/C23H28N6O2S.2K/c1-15-6-3-7-16(2)21(15)28(20-11-10-19(20)22(30)31)13-5-12-24-17-8-4-9-18(14-17)29-23(32)25-26-27-29;;/h3-4,6-9,14,19-20,24H,5,10-13H2,1-2H3,(H,30,31)(H,25,27,32);;/q;2*+1/p-2. The molecule has 0 radical (unpaired) electrons. The predicted molar refractivity (Wildman–Crippen MR) is 123 cm³/mol. The van der Waals surface area contributed by atoms with Crippen LogP contribution in [0.15, 0.2) is 47.6 Å². The van der Waals surface area contributed by atoms with Gasteiger partial charge in [0.15, 0.2) is 0 Å². The summed E-state index contributed by atoms with van der Waals surface area (Å²) in [6.45, 7) is 5.66. The molecule has 1 aliphatic rings. The Morgan fingerprint density at radius 1 is 1.18 bits per heavy atom. The number of aliphatic carboxylic acids is 1. The van der Waals surface area contributed by atoms with Gasteiger partial charge in [0, 0.05) is 47.5 Å². The average molecular weight is 529 g/mol. The van der Waals surface area contributed by atoms with Crippen LogP contribution in [0.2, 0.25) is 0 Å². The molecule has 0 aliphatic heterocycles. The van der Waals surface area contributed by atoms with Gasteiger partial charge in [-0.05, 0) is 72.9 Å². The largest absolute Gasteiger partial charge is 1.00 e. The van der Waals surface area contributed by atoms with E-state index in [1.54, 1.807) is 0 Å². The molecule has 3 aromatic rings. The van der Waals surface area contributed by atoms with Crippen LogP contribution in [-0.2, 0) is 17.4 Å². The van der Waals surface area contributed by atoms with Crippen LogP contribution < -0.4 is 118 Å². The second kappa shape index (κ2) is 14.1. The molecule has 1 heterocycles. The Morgan fingerprint density at radius 3 is 2.47 bits per heavy atom. The number of rotatable bonds is 9. The summed E-state index contributed by atoms with van der Waals surface area (Å²) in [5.74, 6) is -1.36. The SMILES string of the molecule is Cc1cccc(C)c1N(CCCNc1cccc(-n2nnnc2[S-])c1)C1CCC1C(=O)[O-].[K+].[K+]. The van der Waals surface area contributed by atoms with Crippen LogP contribution in [-0.4, -0.2) is 45.3 Å². The van der Waals surface area contributed by atoms with Crippen molar-refractivity contribution in [3.05, 3.63) is 53.6 Å². The monoisotopic (exact) mass is 528 g/mol. The van der Waals surface area contributed by atoms with Crippen molar-refractivity contribution in [1.29, 1.82) is 0 Å². The number of anilines is 2. The second-order valence-electron chi connectivity index (χ2n) is 8.21. The number of carboxylic acids is 1. The zero-order valence-corrected chi connectivity index (χ0v) is 27.3. The van der Waals surface area contributed by atoms with Gasteiger partial charge in [0.2, 0.25) is 0 Å². The van der Waals surface area contributed by atoms with E-state index in [2.05, 4.69) is 51.7 Å². The molecule has 2 atom stereocenters. The van der Waals surface area contributed by atoms with E-state index in [0.29, 0.717) is 11.6 Å². The van der Waals surface area contributed by atoms with E-state index in [1.165, 1.54) is 4.68 Å². The third-order valence-electron chi connectivity index (χ3n) is 6.10. The number of hydrogen-bond acceptors (Lipinski definition) is 8.